The molecule has 0 bridgehead atoms. The molecular formula is C24H26ClN3O4. The lowest BCUT2D eigenvalue weighted by atomic mass is 10.0. The number of morpholine rings is 1. The van der Waals surface area contributed by atoms with Gasteiger partial charge in [-0.3, -0.25) is 19.4 Å². The third kappa shape index (κ3) is 4.80. The van der Waals surface area contributed by atoms with Gasteiger partial charge in [0.15, 0.2) is 0 Å². The van der Waals surface area contributed by atoms with Crippen LogP contribution in [0.25, 0.3) is 5.57 Å². The van der Waals surface area contributed by atoms with Crippen LogP contribution >= 0.6 is 11.6 Å². The zero-order valence-corrected chi connectivity index (χ0v) is 18.7. The number of ether oxygens (including phenoxy) is 2. The number of nitrogens with zero attached hydrogens (tertiary/aromatic N) is 2. The Morgan fingerprint density at radius 1 is 1.00 bits per heavy atom. The Hall–Kier alpha value is -2.87. The molecule has 32 heavy (non-hydrogen) atoms. The van der Waals surface area contributed by atoms with Gasteiger partial charge in [0.05, 0.1) is 31.6 Å². The van der Waals surface area contributed by atoms with Crippen LogP contribution in [0.5, 0.6) is 5.75 Å². The monoisotopic (exact) mass is 455 g/mol. The molecule has 1 fully saturated rings. The summed E-state index contributed by atoms with van der Waals surface area (Å²) in [4.78, 5) is 30.3. The largest absolute Gasteiger partial charge is 0.495 e. The molecule has 8 heteroatoms. The third-order valence-electron chi connectivity index (χ3n) is 5.63. The number of rotatable bonds is 8. The summed E-state index contributed by atoms with van der Waals surface area (Å²) in [6.45, 7) is 4.34. The van der Waals surface area contributed by atoms with E-state index in [1.54, 1.807) is 37.4 Å². The Balaban J connectivity index is 1.58. The number of amides is 2. The first-order valence-electron chi connectivity index (χ1n) is 10.6. The summed E-state index contributed by atoms with van der Waals surface area (Å²) in [5.41, 5.74) is 1.84. The number of methoxy groups -OCH3 is 1. The molecule has 1 saturated heterocycles. The van der Waals surface area contributed by atoms with E-state index in [1.807, 2.05) is 18.2 Å². The van der Waals surface area contributed by atoms with Gasteiger partial charge in [0.2, 0.25) is 0 Å². The molecule has 168 valence electrons. The number of imide groups is 1. The number of nitrogens with one attached hydrogen (secondary N) is 1. The smallest absolute Gasteiger partial charge is 0.278 e. The van der Waals surface area contributed by atoms with E-state index in [-0.39, 0.29) is 17.5 Å². The molecule has 2 heterocycles. The van der Waals surface area contributed by atoms with Crippen LogP contribution in [0.1, 0.15) is 12.0 Å². The van der Waals surface area contributed by atoms with E-state index in [1.165, 1.54) is 4.90 Å². The highest BCUT2D eigenvalue weighted by Crippen LogP contribution is 2.33. The lowest BCUT2D eigenvalue weighted by molar-refractivity contribution is -0.136. The van der Waals surface area contributed by atoms with Crippen molar-refractivity contribution in [2.75, 3.05) is 51.8 Å². The van der Waals surface area contributed by atoms with Crippen molar-refractivity contribution in [3.8, 4) is 5.75 Å². The van der Waals surface area contributed by atoms with E-state index in [2.05, 4.69) is 10.2 Å². The van der Waals surface area contributed by atoms with Crippen LogP contribution in [0.4, 0.5) is 5.69 Å². The molecule has 2 aliphatic heterocycles. The normalized spacial score (nSPS) is 17.2. The summed E-state index contributed by atoms with van der Waals surface area (Å²) >= 11 is 6.04. The molecule has 0 spiro atoms. The highest BCUT2D eigenvalue weighted by Gasteiger charge is 2.39. The summed E-state index contributed by atoms with van der Waals surface area (Å²) in [5.74, 6) is -0.0639. The first-order valence-corrected chi connectivity index (χ1v) is 11.0. The summed E-state index contributed by atoms with van der Waals surface area (Å²) in [6, 6.07) is 14.2. The van der Waals surface area contributed by atoms with E-state index < -0.39 is 0 Å². The average molecular weight is 456 g/mol. The summed E-state index contributed by atoms with van der Waals surface area (Å²) in [6.07, 6.45) is 0.702. The number of halogens is 1. The van der Waals surface area contributed by atoms with E-state index in [9.17, 15) is 9.59 Å². The molecule has 2 amide bonds. The number of hydrogen-bond donors (Lipinski definition) is 1. The van der Waals surface area contributed by atoms with Crippen LogP contribution in [0.2, 0.25) is 5.02 Å². The fourth-order valence-corrected chi connectivity index (χ4v) is 4.07. The van der Waals surface area contributed by atoms with Crippen LogP contribution in [-0.4, -0.2) is 68.1 Å². The second-order valence-electron chi connectivity index (χ2n) is 7.65. The van der Waals surface area contributed by atoms with E-state index in [4.69, 9.17) is 21.1 Å². The molecule has 0 unspecified atom stereocenters. The van der Waals surface area contributed by atoms with Crippen LogP contribution in [0.15, 0.2) is 54.2 Å². The van der Waals surface area contributed by atoms with E-state index in [0.29, 0.717) is 40.6 Å². The van der Waals surface area contributed by atoms with Gasteiger partial charge in [0.25, 0.3) is 11.8 Å². The minimum absolute atomic E-state index is 0.244. The molecule has 0 aliphatic carbocycles. The topological polar surface area (TPSA) is 71.1 Å². The Morgan fingerprint density at radius 3 is 2.44 bits per heavy atom. The van der Waals surface area contributed by atoms with Crippen LogP contribution in [0.3, 0.4) is 0 Å². The zero-order chi connectivity index (χ0) is 22.5. The Kier molecular flexibility index (Phi) is 7.09. The SMILES string of the molecule is COc1ccccc1NC1=C(c2ccc(Cl)cc2)C(=O)N(CCCN2CCOCC2)C1=O. The molecule has 2 aliphatic rings. The molecular weight excluding hydrogens is 430 g/mol. The molecule has 1 N–H and O–H groups in total. The number of anilines is 1. The molecule has 2 aromatic rings. The predicted octanol–water partition coefficient (Wildman–Crippen LogP) is 3.26. The summed E-state index contributed by atoms with van der Waals surface area (Å²) in [7, 11) is 1.56. The third-order valence-corrected chi connectivity index (χ3v) is 5.88. The lowest BCUT2D eigenvalue weighted by Crippen LogP contribution is -2.39. The van der Waals surface area contributed by atoms with Crippen LogP contribution in [0, 0.1) is 0 Å². The van der Waals surface area contributed by atoms with Gasteiger partial charge in [-0.05, 0) is 36.2 Å². The number of carbonyl (C=O) groups is 2. The fourth-order valence-electron chi connectivity index (χ4n) is 3.94. The molecule has 4 rings (SSSR count). The minimum Gasteiger partial charge on any atom is -0.495 e. The molecule has 0 aromatic heterocycles. The summed E-state index contributed by atoms with van der Waals surface area (Å²) in [5, 5.41) is 3.72. The number of benzene rings is 2. The Bertz CT molecular complexity index is 1020. The van der Waals surface area contributed by atoms with Crippen molar-refractivity contribution in [2.24, 2.45) is 0 Å². The van der Waals surface area contributed by atoms with Gasteiger partial charge in [-0.1, -0.05) is 35.9 Å². The predicted molar refractivity (Wildman–Crippen MR) is 124 cm³/mol. The standard InChI is InChI=1S/C24H26ClN3O4/c1-31-20-6-3-2-5-19(20)26-22-21(17-7-9-18(25)10-8-17)23(29)28(24(22)30)12-4-11-27-13-15-32-16-14-27/h2-3,5-10,26H,4,11-16H2,1H3. The Morgan fingerprint density at radius 2 is 1.72 bits per heavy atom. The van der Waals surface area contributed by atoms with Crippen molar-refractivity contribution in [1.29, 1.82) is 0 Å². The van der Waals surface area contributed by atoms with E-state index in [0.717, 1.165) is 32.8 Å². The maximum absolute atomic E-state index is 13.3. The minimum atomic E-state index is -0.340. The first-order chi connectivity index (χ1) is 15.6. The van der Waals surface area contributed by atoms with Gasteiger partial charge < -0.3 is 14.8 Å². The number of hydrogen-bond acceptors (Lipinski definition) is 6. The maximum atomic E-state index is 13.3. The van der Waals surface area contributed by atoms with Gasteiger partial charge in [-0.25, -0.2) is 0 Å². The van der Waals surface area contributed by atoms with Gasteiger partial charge in [0.1, 0.15) is 11.4 Å². The highest BCUT2D eigenvalue weighted by atomic mass is 35.5. The van der Waals surface area contributed by atoms with Crippen molar-refractivity contribution >= 4 is 34.7 Å². The fraction of sp³-hybridized carbons (Fsp3) is 0.333. The first kappa shape index (κ1) is 22.3. The van der Waals surface area contributed by atoms with Crippen LogP contribution < -0.4 is 10.1 Å². The summed E-state index contributed by atoms with van der Waals surface area (Å²) < 4.78 is 10.8. The van der Waals surface area contributed by atoms with Crippen molar-refractivity contribution < 1.29 is 19.1 Å². The number of para-hydroxylation sites is 2. The van der Waals surface area contributed by atoms with Gasteiger partial charge in [-0.15, -0.1) is 0 Å². The Labute approximate surface area is 192 Å². The molecule has 2 aromatic carbocycles. The van der Waals surface area contributed by atoms with Gasteiger partial charge >= 0.3 is 0 Å². The van der Waals surface area contributed by atoms with Crippen molar-refractivity contribution in [3.63, 3.8) is 0 Å². The second kappa shape index (κ2) is 10.2. The second-order valence-corrected chi connectivity index (χ2v) is 8.09. The van der Waals surface area contributed by atoms with Gasteiger partial charge in [0, 0.05) is 31.2 Å². The van der Waals surface area contributed by atoms with Gasteiger partial charge in [-0.2, -0.15) is 0 Å². The molecule has 0 atom stereocenters. The molecule has 0 radical (unpaired) electrons. The van der Waals surface area contributed by atoms with Crippen LogP contribution in [-0.2, 0) is 14.3 Å². The van der Waals surface area contributed by atoms with Crippen molar-refractivity contribution in [1.82, 2.24) is 9.80 Å². The molecule has 0 saturated carbocycles. The highest BCUT2D eigenvalue weighted by molar-refractivity contribution is 6.37. The maximum Gasteiger partial charge on any atom is 0.278 e. The molecule has 7 nitrogen and oxygen atoms in total. The quantitative estimate of drug-likeness (QED) is 0.616. The van der Waals surface area contributed by atoms with Crippen molar-refractivity contribution in [3.05, 3.63) is 64.8 Å². The lowest BCUT2D eigenvalue weighted by Gasteiger charge is -2.27. The number of carbonyl (C=O) groups excluding carboxylic acids is 2. The zero-order valence-electron chi connectivity index (χ0n) is 18.0. The van der Waals surface area contributed by atoms with Crippen molar-refractivity contribution in [2.45, 2.75) is 6.42 Å². The average Bonchev–Trinajstić information content (AvgIpc) is 3.05. The van der Waals surface area contributed by atoms with E-state index >= 15 is 0 Å².